The first kappa shape index (κ1) is 12.6. The number of hydrogen-bond donors (Lipinski definition) is 0. The summed E-state index contributed by atoms with van der Waals surface area (Å²) in [6.45, 7) is 16.9. The molecule has 0 aromatic carbocycles. The molecular formula is C11H18. The molecule has 0 heterocycles. The van der Waals surface area contributed by atoms with Crippen molar-refractivity contribution < 1.29 is 0 Å². The van der Waals surface area contributed by atoms with Gasteiger partial charge in [-0.15, -0.1) is 0 Å². The second-order valence-electron chi connectivity index (χ2n) is 1.87. The molecule has 0 atom stereocenters. The van der Waals surface area contributed by atoms with E-state index in [-0.39, 0.29) is 0 Å². The minimum atomic E-state index is 0.924. The fourth-order valence-corrected chi connectivity index (χ4v) is 0.410. The van der Waals surface area contributed by atoms with Gasteiger partial charge in [-0.05, 0) is 12.5 Å². The zero-order chi connectivity index (χ0) is 9.28. The monoisotopic (exact) mass is 150 g/mol. The Labute approximate surface area is 70.6 Å². The minimum Gasteiger partial charge on any atom is -0.0988 e. The van der Waals surface area contributed by atoms with Crippen molar-refractivity contribution in [2.45, 2.75) is 20.8 Å². The molecule has 0 N–H and O–H groups in total. The Morgan fingerprint density at radius 2 is 1.55 bits per heavy atom. The third-order valence-corrected chi connectivity index (χ3v) is 0.997. The van der Waals surface area contributed by atoms with Crippen LogP contribution in [0.15, 0.2) is 49.1 Å². The van der Waals surface area contributed by atoms with Crippen LogP contribution >= 0.6 is 0 Å². The van der Waals surface area contributed by atoms with Gasteiger partial charge in [0.05, 0.1) is 0 Å². The van der Waals surface area contributed by atoms with Crippen molar-refractivity contribution >= 4 is 0 Å². The Kier molecular flexibility index (Phi) is 10.3. The molecule has 0 saturated heterocycles. The van der Waals surface area contributed by atoms with Crippen molar-refractivity contribution in [3.63, 3.8) is 0 Å². The van der Waals surface area contributed by atoms with Crippen LogP contribution in [0, 0.1) is 0 Å². The van der Waals surface area contributed by atoms with Crippen LogP contribution in [0.1, 0.15) is 20.8 Å². The Morgan fingerprint density at radius 3 is 1.82 bits per heavy atom. The van der Waals surface area contributed by atoms with Crippen LogP contribution in [-0.4, -0.2) is 0 Å². The summed E-state index contributed by atoms with van der Waals surface area (Å²) in [6.07, 6.45) is 5.43. The van der Waals surface area contributed by atoms with Crippen molar-refractivity contribution in [1.82, 2.24) is 0 Å². The molecule has 0 aliphatic heterocycles. The molecular weight excluding hydrogens is 132 g/mol. The lowest BCUT2D eigenvalue weighted by atomic mass is 10.2. The van der Waals surface area contributed by atoms with Gasteiger partial charge in [-0.2, -0.15) is 0 Å². The van der Waals surface area contributed by atoms with Gasteiger partial charge in [0.1, 0.15) is 0 Å². The molecule has 62 valence electrons. The van der Waals surface area contributed by atoms with Gasteiger partial charge in [0, 0.05) is 0 Å². The van der Waals surface area contributed by atoms with Gasteiger partial charge in [0.25, 0.3) is 0 Å². The average molecular weight is 150 g/mol. The van der Waals surface area contributed by atoms with Gasteiger partial charge in [-0.25, -0.2) is 0 Å². The molecule has 0 rings (SSSR count). The third kappa shape index (κ3) is 8.96. The van der Waals surface area contributed by atoms with E-state index in [9.17, 15) is 0 Å². The average Bonchev–Trinajstić information content (AvgIpc) is 2.07. The SMILES string of the molecule is C=CC(=C)/C=C(/C)C=C.CC. The molecule has 0 aromatic heterocycles. The second kappa shape index (κ2) is 8.96. The van der Waals surface area contributed by atoms with E-state index in [1.807, 2.05) is 26.8 Å². The van der Waals surface area contributed by atoms with Crippen LogP contribution in [0.4, 0.5) is 0 Å². The standard InChI is InChI=1S/C9H12.C2H6/c1-5-8(3)7-9(4)6-2;1-2/h5-7H,1-3H2,4H3;1-2H3/b9-7-;. The summed E-state index contributed by atoms with van der Waals surface area (Å²) < 4.78 is 0. The predicted octanol–water partition coefficient (Wildman–Crippen LogP) is 3.89. The second-order valence-corrected chi connectivity index (χ2v) is 1.87. The summed E-state index contributed by atoms with van der Waals surface area (Å²) in [5.74, 6) is 0. The molecule has 0 heteroatoms. The molecule has 11 heavy (non-hydrogen) atoms. The predicted molar refractivity (Wildman–Crippen MR) is 54.6 cm³/mol. The van der Waals surface area contributed by atoms with E-state index in [0.29, 0.717) is 0 Å². The molecule has 0 radical (unpaired) electrons. The first-order valence-corrected chi connectivity index (χ1v) is 3.82. The summed E-state index contributed by atoms with van der Waals surface area (Å²) in [5, 5.41) is 0. The zero-order valence-corrected chi connectivity index (χ0v) is 7.85. The van der Waals surface area contributed by atoms with E-state index in [1.54, 1.807) is 12.2 Å². The summed E-state index contributed by atoms with van der Waals surface area (Å²) in [5.41, 5.74) is 2.03. The van der Waals surface area contributed by atoms with Crippen LogP contribution in [0.2, 0.25) is 0 Å². The van der Waals surface area contributed by atoms with Gasteiger partial charge in [-0.3, -0.25) is 0 Å². The minimum absolute atomic E-state index is 0.924. The molecule has 0 aromatic rings. The highest BCUT2D eigenvalue weighted by Crippen LogP contribution is 2.00. The molecule has 0 aliphatic carbocycles. The number of hydrogen-bond acceptors (Lipinski definition) is 0. The summed E-state index contributed by atoms with van der Waals surface area (Å²) in [7, 11) is 0. The highest BCUT2D eigenvalue weighted by atomic mass is 13.9. The Morgan fingerprint density at radius 1 is 1.09 bits per heavy atom. The van der Waals surface area contributed by atoms with Crippen molar-refractivity contribution in [3.05, 3.63) is 49.1 Å². The largest absolute Gasteiger partial charge is 0.0988 e. The maximum Gasteiger partial charge on any atom is -0.0332 e. The van der Waals surface area contributed by atoms with E-state index in [4.69, 9.17) is 0 Å². The fraction of sp³-hybridized carbons (Fsp3) is 0.273. The molecule has 0 spiro atoms. The van der Waals surface area contributed by atoms with Gasteiger partial charge >= 0.3 is 0 Å². The lowest BCUT2D eigenvalue weighted by molar-refractivity contribution is 1.50. The van der Waals surface area contributed by atoms with Crippen molar-refractivity contribution in [3.8, 4) is 0 Å². The molecule has 0 saturated carbocycles. The summed E-state index contributed by atoms with van der Waals surface area (Å²) >= 11 is 0. The number of allylic oxidation sites excluding steroid dienone is 5. The lowest BCUT2D eigenvalue weighted by Gasteiger charge is -1.89. The van der Waals surface area contributed by atoms with Gasteiger partial charge in [-0.1, -0.05) is 57.4 Å². The first-order chi connectivity index (χ1) is 5.20. The lowest BCUT2D eigenvalue weighted by Crippen LogP contribution is -1.68. The normalized spacial score (nSPS) is 9.18. The number of rotatable bonds is 3. The first-order valence-electron chi connectivity index (χ1n) is 3.82. The molecule has 0 aliphatic rings. The van der Waals surface area contributed by atoms with Gasteiger partial charge in [0.2, 0.25) is 0 Å². The molecule has 0 bridgehead atoms. The van der Waals surface area contributed by atoms with Crippen LogP contribution in [0.5, 0.6) is 0 Å². The van der Waals surface area contributed by atoms with Crippen LogP contribution in [0.3, 0.4) is 0 Å². The van der Waals surface area contributed by atoms with Crippen molar-refractivity contribution in [1.29, 1.82) is 0 Å². The Hall–Kier alpha value is -1.04. The maximum absolute atomic E-state index is 3.72. The van der Waals surface area contributed by atoms with Crippen molar-refractivity contribution in [2.24, 2.45) is 0 Å². The van der Waals surface area contributed by atoms with E-state index < -0.39 is 0 Å². The third-order valence-electron chi connectivity index (χ3n) is 0.997. The molecule has 0 fully saturated rings. The Bertz CT molecular complexity index is 159. The summed E-state index contributed by atoms with van der Waals surface area (Å²) in [4.78, 5) is 0. The molecule has 0 nitrogen and oxygen atoms in total. The topological polar surface area (TPSA) is 0 Å². The summed E-state index contributed by atoms with van der Waals surface area (Å²) in [6, 6.07) is 0. The molecule has 0 unspecified atom stereocenters. The van der Waals surface area contributed by atoms with Gasteiger partial charge in [0.15, 0.2) is 0 Å². The smallest absolute Gasteiger partial charge is 0.0332 e. The Balaban J connectivity index is 0. The van der Waals surface area contributed by atoms with E-state index in [1.165, 1.54) is 0 Å². The maximum atomic E-state index is 3.72. The fourth-order valence-electron chi connectivity index (χ4n) is 0.410. The van der Waals surface area contributed by atoms with E-state index in [0.717, 1.165) is 11.1 Å². The zero-order valence-electron chi connectivity index (χ0n) is 7.85. The van der Waals surface area contributed by atoms with E-state index in [2.05, 4.69) is 19.7 Å². The van der Waals surface area contributed by atoms with Gasteiger partial charge < -0.3 is 0 Å². The van der Waals surface area contributed by atoms with Crippen LogP contribution in [0.25, 0.3) is 0 Å². The van der Waals surface area contributed by atoms with Crippen molar-refractivity contribution in [2.75, 3.05) is 0 Å². The van der Waals surface area contributed by atoms with E-state index >= 15 is 0 Å². The highest BCUT2D eigenvalue weighted by molar-refractivity contribution is 5.32. The quantitative estimate of drug-likeness (QED) is 0.535. The van der Waals surface area contributed by atoms with Crippen LogP contribution in [-0.2, 0) is 0 Å². The molecule has 0 amide bonds. The highest BCUT2D eigenvalue weighted by Gasteiger charge is 1.79. The van der Waals surface area contributed by atoms with Crippen LogP contribution < -0.4 is 0 Å².